The van der Waals surface area contributed by atoms with Crippen LogP contribution < -0.4 is 5.32 Å². The Morgan fingerprint density at radius 2 is 2.30 bits per heavy atom. The Labute approximate surface area is 125 Å². The summed E-state index contributed by atoms with van der Waals surface area (Å²) in [5, 5.41) is 3.53. The maximum atomic E-state index is 12.5. The number of rotatable bonds is 4. The van der Waals surface area contributed by atoms with E-state index in [9.17, 15) is 4.79 Å². The molecule has 0 radical (unpaired) electrons. The first-order valence-electron chi connectivity index (χ1n) is 7.22. The molecule has 110 valence electrons. The Morgan fingerprint density at radius 3 is 2.90 bits per heavy atom. The van der Waals surface area contributed by atoms with E-state index in [1.165, 1.54) is 0 Å². The SMILES string of the molecule is CCNc1ccc(Cl)c(C(=O)N2CCC(C(C)C)C2)n1. The van der Waals surface area contributed by atoms with E-state index in [-0.39, 0.29) is 5.91 Å². The zero-order valence-electron chi connectivity index (χ0n) is 12.3. The third-order valence-electron chi connectivity index (χ3n) is 3.86. The highest BCUT2D eigenvalue weighted by atomic mass is 35.5. The normalized spacial score (nSPS) is 18.6. The van der Waals surface area contributed by atoms with Crippen LogP contribution in [-0.2, 0) is 0 Å². The lowest BCUT2D eigenvalue weighted by molar-refractivity contribution is 0.0778. The van der Waals surface area contributed by atoms with Crippen molar-refractivity contribution < 1.29 is 4.79 Å². The number of nitrogens with one attached hydrogen (secondary N) is 1. The summed E-state index contributed by atoms with van der Waals surface area (Å²) < 4.78 is 0. The Balaban J connectivity index is 2.15. The zero-order valence-corrected chi connectivity index (χ0v) is 13.1. The van der Waals surface area contributed by atoms with Crippen molar-refractivity contribution in [3.8, 4) is 0 Å². The van der Waals surface area contributed by atoms with E-state index in [0.29, 0.717) is 28.4 Å². The molecule has 1 N–H and O–H groups in total. The molecule has 0 aromatic carbocycles. The Bertz CT molecular complexity index is 490. The van der Waals surface area contributed by atoms with Gasteiger partial charge in [0.15, 0.2) is 0 Å². The summed E-state index contributed by atoms with van der Waals surface area (Å²) in [7, 11) is 0. The van der Waals surface area contributed by atoms with E-state index in [1.54, 1.807) is 12.1 Å². The molecule has 2 rings (SSSR count). The van der Waals surface area contributed by atoms with Gasteiger partial charge in [0.2, 0.25) is 0 Å². The van der Waals surface area contributed by atoms with Crippen LogP contribution >= 0.6 is 11.6 Å². The molecule has 0 spiro atoms. The molecule has 0 aliphatic carbocycles. The molecule has 1 atom stereocenters. The molecule has 5 heteroatoms. The van der Waals surface area contributed by atoms with Crippen molar-refractivity contribution in [2.45, 2.75) is 27.2 Å². The van der Waals surface area contributed by atoms with E-state index in [4.69, 9.17) is 11.6 Å². The van der Waals surface area contributed by atoms with Crippen LogP contribution in [0.2, 0.25) is 5.02 Å². The second kappa shape index (κ2) is 6.44. The number of carbonyl (C=O) groups is 1. The van der Waals surface area contributed by atoms with E-state index >= 15 is 0 Å². The fourth-order valence-electron chi connectivity index (χ4n) is 2.54. The van der Waals surface area contributed by atoms with Crippen molar-refractivity contribution in [3.63, 3.8) is 0 Å². The molecular formula is C15H22ClN3O. The molecule has 1 aromatic rings. The number of likely N-dealkylation sites (tertiary alicyclic amines) is 1. The van der Waals surface area contributed by atoms with Gasteiger partial charge in [0.05, 0.1) is 5.02 Å². The first kappa shape index (κ1) is 15.1. The third-order valence-corrected chi connectivity index (χ3v) is 4.17. The van der Waals surface area contributed by atoms with Gasteiger partial charge in [-0.3, -0.25) is 4.79 Å². The highest BCUT2D eigenvalue weighted by molar-refractivity contribution is 6.33. The molecule has 1 aliphatic heterocycles. The lowest BCUT2D eigenvalue weighted by atomic mass is 9.95. The van der Waals surface area contributed by atoms with Crippen molar-refractivity contribution in [1.29, 1.82) is 0 Å². The minimum atomic E-state index is -0.0575. The molecule has 1 aromatic heterocycles. The third kappa shape index (κ3) is 3.23. The van der Waals surface area contributed by atoms with Crippen LogP contribution in [0.1, 0.15) is 37.7 Å². The van der Waals surface area contributed by atoms with Crippen LogP contribution in [-0.4, -0.2) is 35.4 Å². The highest BCUT2D eigenvalue weighted by Crippen LogP contribution is 2.26. The smallest absolute Gasteiger partial charge is 0.274 e. The van der Waals surface area contributed by atoms with E-state index in [0.717, 1.165) is 26.1 Å². The summed E-state index contributed by atoms with van der Waals surface area (Å²) in [6.07, 6.45) is 1.06. The minimum Gasteiger partial charge on any atom is -0.370 e. The predicted molar refractivity (Wildman–Crippen MR) is 82.3 cm³/mol. The summed E-state index contributed by atoms with van der Waals surface area (Å²) in [4.78, 5) is 18.8. The number of nitrogens with zero attached hydrogens (tertiary/aromatic N) is 2. The quantitative estimate of drug-likeness (QED) is 0.927. The highest BCUT2D eigenvalue weighted by Gasteiger charge is 2.30. The van der Waals surface area contributed by atoms with Crippen LogP contribution in [0, 0.1) is 11.8 Å². The van der Waals surface area contributed by atoms with Gasteiger partial charge in [-0.15, -0.1) is 0 Å². The van der Waals surface area contributed by atoms with Crippen LogP contribution in [0.15, 0.2) is 12.1 Å². The summed E-state index contributed by atoms with van der Waals surface area (Å²) in [6, 6.07) is 3.53. The first-order chi connectivity index (χ1) is 9.52. The van der Waals surface area contributed by atoms with Crippen LogP contribution in [0.5, 0.6) is 0 Å². The van der Waals surface area contributed by atoms with Gasteiger partial charge in [0, 0.05) is 19.6 Å². The Kier molecular flexibility index (Phi) is 4.86. The van der Waals surface area contributed by atoms with Crippen molar-refractivity contribution in [2.75, 3.05) is 25.0 Å². The van der Waals surface area contributed by atoms with Gasteiger partial charge in [0.25, 0.3) is 5.91 Å². The summed E-state index contributed by atoms with van der Waals surface area (Å²) in [5.74, 6) is 1.82. The van der Waals surface area contributed by atoms with Crippen LogP contribution in [0.4, 0.5) is 5.82 Å². The Morgan fingerprint density at radius 1 is 1.55 bits per heavy atom. The molecule has 20 heavy (non-hydrogen) atoms. The summed E-state index contributed by atoms with van der Waals surface area (Å²) in [5.41, 5.74) is 0.356. The number of halogens is 1. The number of hydrogen-bond donors (Lipinski definition) is 1. The lowest BCUT2D eigenvalue weighted by Gasteiger charge is -2.18. The second-order valence-electron chi connectivity index (χ2n) is 5.60. The molecule has 1 unspecified atom stereocenters. The van der Waals surface area contributed by atoms with Crippen molar-refractivity contribution >= 4 is 23.3 Å². The largest absolute Gasteiger partial charge is 0.370 e. The van der Waals surface area contributed by atoms with Crippen molar-refractivity contribution in [3.05, 3.63) is 22.8 Å². The number of anilines is 1. The number of amides is 1. The second-order valence-corrected chi connectivity index (χ2v) is 6.01. The molecule has 1 aliphatic rings. The van der Waals surface area contributed by atoms with Crippen LogP contribution in [0.25, 0.3) is 0 Å². The van der Waals surface area contributed by atoms with E-state index < -0.39 is 0 Å². The maximum absolute atomic E-state index is 12.5. The van der Waals surface area contributed by atoms with Crippen LogP contribution in [0.3, 0.4) is 0 Å². The average Bonchev–Trinajstić information content (AvgIpc) is 2.90. The standard InChI is InChI=1S/C15H22ClN3O/c1-4-17-13-6-5-12(16)14(18-13)15(20)19-8-7-11(9-19)10(2)3/h5-6,10-11H,4,7-9H2,1-3H3,(H,17,18). The van der Waals surface area contributed by atoms with E-state index in [2.05, 4.69) is 24.1 Å². The van der Waals surface area contributed by atoms with Crippen molar-refractivity contribution in [2.24, 2.45) is 11.8 Å². The minimum absolute atomic E-state index is 0.0575. The number of aromatic nitrogens is 1. The Hall–Kier alpha value is -1.29. The van der Waals surface area contributed by atoms with E-state index in [1.807, 2.05) is 11.8 Å². The van der Waals surface area contributed by atoms with Gasteiger partial charge in [0.1, 0.15) is 11.5 Å². The molecule has 1 fully saturated rings. The number of carbonyl (C=O) groups excluding carboxylic acids is 1. The molecule has 1 amide bonds. The maximum Gasteiger partial charge on any atom is 0.274 e. The molecule has 0 bridgehead atoms. The summed E-state index contributed by atoms with van der Waals surface area (Å²) in [6.45, 7) is 8.77. The van der Waals surface area contributed by atoms with Gasteiger partial charge >= 0.3 is 0 Å². The number of hydrogen-bond acceptors (Lipinski definition) is 3. The monoisotopic (exact) mass is 295 g/mol. The average molecular weight is 296 g/mol. The predicted octanol–water partition coefficient (Wildman–Crippen LogP) is 3.28. The topological polar surface area (TPSA) is 45.2 Å². The van der Waals surface area contributed by atoms with Gasteiger partial charge in [-0.2, -0.15) is 0 Å². The fraction of sp³-hybridized carbons (Fsp3) is 0.600. The zero-order chi connectivity index (χ0) is 14.7. The molecule has 2 heterocycles. The van der Waals surface area contributed by atoms with Gasteiger partial charge < -0.3 is 10.2 Å². The first-order valence-corrected chi connectivity index (χ1v) is 7.60. The lowest BCUT2D eigenvalue weighted by Crippen LogP contribution is -2.30. The number of pyridine rings is 1. The molecule has 1 saturated heterocycles. The van der Waals surface area contributed by atoms with Crippen molar-refractivity contribution in [1.82, 2.24) is 9.88 Å². The van der Waals surface area contributed by atoms with Gasteiger partial charge in [-0.1, -0.05) is 25.4 Å². The molecular weight excluding hydrogens is 274 g/mol. The van der Waals surface area contributed by atoms with Gasteiger partial charge in [-0.05, 0) is 37.3 Å². The van der Waals surface area contributed by atoms with Gasteiger partial charge in [-0.25, -0.2) is 4.98 Å². The molecule has 0 saturated carbocycles. The fourth-order valence-corrected chi connectivity index (χ4v) is 2.72. The molecule has 4 nitrogen and oxygen atoms in total. The summed E-state index contributed by atoms with van der Waals surface area (Å²) >= 11 is 6.13.